The van der Waals surface area contributed by atoms with Gasteiger partial charge in [0, 0.05) is 11.3 Å². The highest BCUT2D eigenvalue weighted by Crippen LogP contribution is 2.19. The average molecular weight is 305 g/mol. The van der Waals surface area contributed by atoms with Crippen LogP contribution in [0.15, 0.2) is 54.6 Å². The molecule has 2 aromatic carbocycles. The van der Waals surface area contributed by atoms with E-state index in [1.54, 1.807) is 6.07 Å². The minimum atomic E-state index is -0.194. The number of nitrogens with zero attached hydrogens (tertiary/aromatic N) is 1. The van der Waals surface area contributed by atoms with E-state index in [0.717, 1.165) is 23.4 Å². The monoisotopic (exact) mass is 305 g/mol. The first-order chi connectivity index (χ1) is 11.2. The van der Waals surface area contributed by atoms with Gasteiger partial charge in [-0.2, -0.15) is 5.10 Å². The first-order valence-corrected chi connectivity index (χ1v) is 7.68. The molecule has 0 spiro atoms. The van der Waals surface area contributed by atoms with Crippen molar-refractivity contribution in [3.63, 3.8) is 0 Å². The summed E-state index contributed by atoms with van der Waals surface area (Å²) >= 11 is 0. The van der Waals surface area contributed by atoms with Crippen molar-refractivity contribution in [2.45, 2.75) is 20.3 Å². The number of amides is 1. The first-order valence-electron chi connectivity index (χ1n) is 7.68. The Labute approximate surface area is 135 Å². The number of nitrogens with one attached hydrogen (secondary N) is 2. The highest BCUT2D eigenvalue weighted by Gasteiger charge is 2.11. The molecule has 1 heterocycles. The van der Waals surface area contributed by atoms with Gasteiger partial charge in [0.05, 0.1) is 5.69 Å². The van der Waals surface area contributed by atoms with Crippen molar-refractivity contribution in [3.05, 3.63) is 71.4 Å². The molecule has 2 N–H and O–H groups in total. The highest BCUT2D eigenvalue weighted by atomic mass is 16.1. The normalized spacial score (nSPS) is 10.5. The second-order valence-electron chi connectivity index (χ2n) is 5.54. The minimum Gasteiger partial charge on any atom is -0.321 e. The summed E-state index contributed by atoms with van der Waals surface area (Å²) in [4.78, 5) is 12.3. The van der Waals surface area contributed by atoms with E-state index in [2.05, 4.69) is 22.4 Å². The molecule has 3 rings (SSSR count). The molecule has 0 radical (unpaired) electrons. The molecule has 0 fully saturated rings. The molecule has 0 aliphatic rings. The Hall–Kier alpha value is -2.88. The van der Waals surface area contributed by atoms with Crippen molar-refractivity contribution < 1.29 is 4.79 Å². The SMILES string of the molecule is CCc1ccc(NC(=O)c2cc(-c3ccc(C)cc3)n[nH]2)cc1. The molecule has 0 aliphatic carbocycles. The number of anilines is 1. The third-order valence-corrected chi connectivity index (χ3v) is 3.79. The van der Waals surface area contributed by atoms with E-state index in [1.165, 1.54) is 11.1 Å². The lowest BCUT2D eigenvalue weighted by Crippen LogP contribution is -2.12. The molecule has 23 heavy (non-hydrogen) atoms. The summed E-state index contributed by atoms with van der Waals surface area (Å²) in [7, 11) is 0. The van der Waals surface area contributed by atoms with Gasteiger partial charge in [-0.05, 0) is 37.1 Å². The van der Waals surface area contributed by atoms with E-state index >= 15 is 0 Å². The average Bonchev–Trinajstić information content (AvgIpc) is 3.06. The van der Waals surface area contributed by atoms with Crippen LogP contribution in [-0.4, -0.2) is 16.1 Å². The summed E-state index contributed by atoms with van der Waals surface area (Å²) in [5.74, 6) is -0.194. The van der Waals surface area contributed by atoms with E-state index in [0.29, 0.717) is 5.69 Å². The summed E-state index contributed by atoms with van der Waals surface area (Å²) in [6, 6.07) is 17.7. The Bertz CT molecular complexity index is 801. The Morgan fingerprint density at radius 1 is 1.09 bits per heavy atom. The zero-order chi connectivity index (χ0) is 16.2. The molecule has 1 aromatic heterocycles. The Morgan fingerprint density at radius 3 is 2.43 bits per heavy atom. The van der Waals surface area contributed by atoms with Crippen molar-refractivity contribution in [1.29, 1.82) is 0 Å². The van der Waals surface area contributed by atoms with Crippen molar-refractivity contribution in [1.82, 2.24) is 10.2 Å². The molecule has 3 aromatic rings. The van der Waals surface area contributed by atoms with E-state index in [1.807, 2.05) is 55.5 Å². The summed E-state index contributed by atoms with van der Waals surface area (Å²) in [6.07, 6.45) is 0.981. The van der Waals surface area contributed by atoms with Gasteiger partial charge >= 0.3 is 0 Å². The summed E-state index contributed by atoms with van der Waals surface area (Å²) in [6.45, 7) is 4.14. The van der Waals surface area contributed by atoms with Gasteiger partial charge in [0.15, 0.2) is 0 Å². The van der Waals surface area contributed by atoms with Gasteiger partial charge in [-0.3, -0.25) is 9.89 Å². The zero-order valence-corrected chi connectivity index (χ0v) is 13.3. The van der Waals surface area contributed by atoms with Gasteiger partial charge in [0.1, 0.15) is 5.69 Å². The number of aromatic nitrogens is 2. The number of carbonyl (C=O) groups excluding carboxylic acids is 1. The molecule has 0 saturated heterocycles. The van der Waals surface area contributed by atoms with Crippen LogP contribution in [0.2, 0.25) is 0 Å². The Balaban J connectivity index is 1.74. The number of aromatic amines is 1. The van der Waals surface area contributed by atoms with Crippen LogP contribution in [0.25, 0.3) is 11.3 Å². The lowest BCUT2D eigenvalue weighted by atomic mass is 10.1. The van der Waals surface area contributed by atoms with Gasteiger partial charge in [0.2, 0.25) is 0 Å². The first kappa shape index (κ1) is 15.0. The van der Waals surface area contributed by atoms with Crippen molar-refractivity contribution in [2.75, 3.05) is 5.32 Å². The molecule has 1 amide bonds. The zero-order valence-electron chi connectivity index (χ0n) is 13.3. The summed E-state index contributed by atoms with van der Waals surface area (Å²) < 4.78 is 0. The van der Waals surface area contributed by atoms with Crippen LogP contribution in [0.5, 0.6) is 0 Å². The fourth-order valence-electron chi connectivity index (χ4n) is 2.33. The fraction of sp³-hybridized carbons (Fsp3) is 0.158. The topological polar surface area (TPSA) is 57.8 Å². The van der Waals surface area contributed by atoms with Gasteiger partial charge in [-0.15, -0.1) is 0 Å². The van der Waals surface area contributed by atoms with Crippen LogP contribution in [0, 0.1) is 6.92 Å². The molecule has 0 bridgehead atoms. The Kier molecular flexibility index (Phi) is 4.24. The van der Waals surface area contributed by atoms with Crippen LogP contribution in [-0.2, 0) is 6.42 Å². The van der Waals surface area contributed by atoms with Crippen LogP contribution < -0.4 is 5.32 Å². The largest absolute Gasteiger partial charge is 0.321 e. The van der Waals surface area contributed by atoms with Gasteiger partial charge in [-0.25, -0.2) is 0 Å². The Morgan fingerprint density at radius 2 is 1.78 bits per heavy atom. The van der Waals surface area contributed by atoms with Crippen LogP contribution in [0.3, 0.4) is 0 Å². The quantitative estimate of drug-likeness (QED) is 0.759. The third kappa shape index (κ3) is 3.48. The molecule has 116 valence electrons. The predicted octanol–water partition coefficient (Wildman–Crippen LogP) is 4.20. The van der Waals surface area contributed by atoms with E-state index in [9.17, 15) is 4.79 Å². The summed E-state index contributed by atoms with van der Waals surface area (Å²) in [5.41, 5.74) is 5.40. The molecular weight excluding hydrogens is 286 g/mol. The number of carbonyl (C=O) groups is 1. The smallest absolute Gasteiger partial charge is 0.273 e. The van der Waals surface area contributed by atoms with Crippen molar-refractivity contribution >= 4 is 11.6 Å². The molecular formula is C19H19N3O. The molecule has 4 nitrogen and oxygen atoms in total. The molecule has 0 aliphatic heterocycles. The van der Waals surface area contributed by atoms with Crippen molar-refractivity contribution in [3.8, 4) is 11.3 Å². The number of H-pyrrole nitrogens is 1. The maximum absolute atomic E-state index is 12.3. The number of benzene rings is 2. The lowest BCUT2D eigenvalue weighted by molar-refractivity contribution is 0.102. The number of hydrogen-bond acceptors (Lipinski definition) is 2. The van der Waals surface area contributed by atoms with E-state index in [4.69, 9.17) is 0 Å². The third-order valence-electron chi connectivity index (χ3n) is 3.79. The highest BCUT2D eigenvalue weighted by molar-refractivity contribution is 6.03. The molecule has 0 atom stereocenters. The van der Waals surface area contributed by atoms with Crippen LogP contribution in [0.4, 0.5) is 5.69 Å². The fourth-order valence-corrected chi connectivity index (χ4v) is 2.33. The lowest BCUT2D eigenvalue weighted by Gasteiger charge is -2.04. The number of aryl methyl sites for hydroxylation is 2. The number of hydrogen-bond donors (Lipinski definition) is 2. The maximum Gasteiger partial charge on any atom is 0.273 e. The number of rotatable bonds is 4. The molecule has 0 saturated carbocycles. The van der Waals surface area contributed by atoms with E-state index < -0.39 is 0 Å². The molecule has 4 heteroatoms. The van der Waals surface area contributed by atoms with Gasteiger partial charge in [-0.1, -0.05) is 48.9 Å². The van der Waals surface area contributed by atoms with Gasteiger partial charge < -0.3 is 5.32 Å². The van der Waals surface area contributed by atoms with Crippen LogP contribution >= 0.6 is 0 Å². The predicted molar refractivity (Wildman–Crippen MR) is 92.5 cm³/mol. The van der Waals surface area contributed by atoms with E-state index in [-0.39, 0.29) is 5.91 Å². The van der Waals surface area contributed by atoms with Crippen LogP contribution in [0.1, 0.15) is 28.5 Å². The standard InChI is InChI=1S/C19H19N3O/c1-3-14-6-10-16(11-7-14)20-19(23)18-12-17(21-22-18)15-8-4-13(2)5-9-15/h4-12H,3H2,1-2H3,(H,20,23)(H,21,22). The maximum atomic E-state index is 12.3. The second kappa shape index (κ2) is 6.48. The van der Waals surface area contributed by atoms with Crippen molar-refractivity contribution in [2.24, 2.45) is 0 Å². The summed E-state index contributed by atoms with van der Waals surface area (Å²) in [5, 5.41) is 9.89. The second-order valence-corrected chi connectivity index (χ2v) is 5.54. The molecule has 0 unspecified atom stereocenters. The minimum absolute atomic E-state index is 0.194. The van der Waals surface area contributed by atoms with Gasteiger partial charge in [0.25, 0.3) is 5.91 Å².